The molecule has 1 N–H and O–H groups in total. The smallest absolute Gasteiger partial charge is 0.118 e. The van der Waals surface area contributed by atoms with E-state index in [2.05, 4.69) is 55.6 Å². The molecule has 1 atom stereocenters. The van der Waals surface area contributed by atoms with Crippen LogP contribution >= 0.6 is 0 Å². The van der Waals surface area contributed by atoms with Gasteiger partial charge in [-0.25, -0.2) is 0 Å². The van der Waals surface area contributed by atoms with E-state index in [0.717, 1.165) is 12.3 Å². The molecule has 0 fully saturated rings. The summed E-state index contributed by atoms with van der Waals surface area (Å²) in [6.07, 6.45) is 0. The minimum absolute atomic E-state index is 0.350. The lowest BCUT2D eigenvalue weighted by atomic mass is 10.1. The maximum absolute atomic E-state index is 5.15. The van der Waals surface area contributed by atoms with E-state index in [1.165, 1.54) is 16.7 Å². The SMILES string of the molecule is COc1ccc(CNC(C)c2ccc(C)cc2)cc1. The number of methoxy groups -OCH3 is 1. The van der Waals surface area contributed by atoms with Crippen molar-refractivity contribution in [3.05, 3.63) is 65.2 Å². The third-order valence-electron chi connectivity index (χ3n) is 3.35. The summed E-state index contributed by atoms with van der Waals surface area (Å²) in [4.78, 5) is 0. The van der Waals surface area contributed by atoms with E-state index in [1.54, 1.807) is 7.11 Å². The lowest BCUT2D eigenvalue weighted by molar-refractivity contribution is 0.414. The first-order chi connectivity index (χ1) is 9.19. The first-order valence-electron chi connectivity index (χ1n) is 6.62. The highest BCUT2D eigenvalue weighted by Gasteiger charge is 2.04. The van der Waals surface area contributed by atoms with Crippen LogP contribution in [0.4, 0.5) is 0 Å². The van der Waals surface area contributed by atoms with E-state index in [0.29, 0.717) is 6.04 Å². The molecule has 2 nitrogen and oxygen atoms in total. The molecule has 0 aliphatic carbocycles. The minimum Gasteiger partial charge on any atom is -0.497 e. The van der Waals surface area contributed by atoms with Gasteiger partial charge in [-0.3, -0.25) is 0 Å². The van der Waals surface area contributed by atoms with Gasteiger partial charge in [-0.15, -0.1) is 0 Å². The van der Waals surface area contributed by atoms with Gasteiger partial charge in [-0.2, -0.15) is 0 Å². The average molecular weight is 255 g/mol. The van der Waals surface area contributed by atoms with Crippen LogP contribution < -0.4 is 10.1 Å². The fraction of sp³-hybridized carbons (Fsp3) is 0.294. The Morgan fingerprint density at radius 1 is 1.00 bits per heavy atom. The molecule has 2 aromatic rings. The number of rotatable bonds is 5. The van der Waals surface area contributed by atoms with Gasteiger partial charge >= 0.3 is 0 Å². The quantitative estimate of drug-likeness (QED) is 0.876. The molecule has 0 heterocycles. The van der Waals surface area contributed by atoms with E-state index < -0.39 is 0 Å². The Balaban J connectivity index is 1.92. The Labute approximate surface area is 115 Å². The first-order valence-corrected chi connectivity index (χ1v) is 6.62. The molecule has 2 heteroatoms. The summed E-state index contributed by atoms with van der Waals surface area (Å²) in [6, 6.07) is 17.2. The van der Waals surface area contributed by atoms with Gasteiger partial charge in [-0.1, -0.05) is 42.0 Å². The van der Waals surface area contributed by atoms with Crippen molar-refractivity contribution in [2.24, 2.45) is 0 Å². The number of nitrogens with one attached hydrogen (secondary N) is 1. The van der Waals surface area contributed by atoms with Crippen LogP contribution in [0.3, 0.4) is 0 Å². The van der Waals surface area contributed by atoms with Crippen molar-refractivity contribution in [3.63, 3.8) is 0 Å². The second-order valence-electron chi connectivity index (χ2n) is 4.86. The van der Waals surface area contributed by atoms with E-state index in [4.69, 9.17) is 4.74 Å². The third-order valence-corrected chi connectivity index (χ3v) is 3.35. The molecule has 2 rings (SSSR count). The van der Waals surface area contributed by atoms with Gasteiger partial charge in [0, 0.05) is 12.6 Å². The summed E-state index contributed by atoms with van der Waals surface area (Å²) in [7, 11) is 1.69. The molecule has 0 aliphatic heterocycles. The highest BCUT2D eigenvalue weighted by Crippen LogP contribution is 2.15. The zero-order valence-corrected chi connectivity index (χ0v) is 11.8. The van der Waals surface area contributed by atoms with Gasteiger partial charge < -0.3 is 10.1 Å². The van der Waals surface area contributed by atoms with Crippen LogP contribution in [0.1, 0.15) is 29.7 Å². The standard InChI is InChI=1S/C17H21NO/c1-13-4-8-16(9-5-13)14(2)18-12-15-6-10-17(19-3)11-7-15/h4-11,14,18H,12H2,1-3H3. The average Bonchev–Trinajstić information content (AvgIpc) is 2.46. The molecular weight excluding hydrogens is 234 g/mol. The Hall–Kier alpha value is -1.80. The fourth-order valence-corrected chi connectivity index (χ4v) is 1.99. The number of aryl methyl sites for hydroxylation is 1. The second kappa shape index (κ2) is 6.39. The number of hydrogen-bond acceptors (Lipinski definition) is 2. The van der Waals surface area contributed by atoms with Crippen molar-refractivity contribution in [1.82, 2.24) is 5.32 Å². The van der Waals surface area contributed by atoms with Crippen molar-refractivity contribution >= 4 is 0 Å². The molecule has 0 aromatic heterocycles. The molecule has 0 saturated heterocycles. The molecular formula is C17H21NO. The summed E-state index contributed by atoms with van der Waals surface area (Å²) in [5.74, 6) is 0.898. The van der Waals surface area contributed by atoms with Crippen LogP contribution in [-0.2, 0) is 6.54 Å². The van der Waals surface area contributed by atoms with Crippen molar-refractivity contribution < 1.29 is 4.74 Å². The normalized spacial score (nSPS) is 12.2. The van der Waals surface area contributed by atoms with Crippen LogP contribution in [0.2, 0.25) is 0 Å². The molecule has 0 saturated carbocycles. The van der Waals surface area contributed by atoms with E-state index in [9.17, 15) is 0 Å². The van der Waals surface area contributed by atoms with Crippen LogP contribution in [0.5, 0.6) is 5.75 Å². The maximum atomic E-state index is 5.15. The summed E-state index contributed by atoms with van der Waals surface area (Å²) in [5, 5.41) is 3.53. The molecule has 0 spiro atoms. The summed E-state index contributed by atoms with van der Waals surface area (Å²) in [5.41, 5.74) is 3.88. The Morgan fingerprint density at radius 3 is 2.21 bits per heavy atom. The molecule has 1 unspecified atom stereocenters. The van der Waals surface area contributed by atoms with Crippen molar-refractivity contribution in [2.75, 3.05) is 7.11 Å². The Kier molecular flexibility index (Phi) is 4.58. The number of hydrogen-bond donors (Lipinski definition) is 1. The van der Waals surface area contributed by atoms with Crippen LogP contribution in [0.15, 0.2) is 48.5 Å². The predicted molar refractivity (Wildman–Crippen MR) is 79.4 cm³/mol. The highest BCUT2D eigenvalue weighted by atomic mass is 16.5. The molecule has 100 valence electrons. The largest absolute Gasteiger partial charge is 0.497 e. The van der Waals surface area contributed by atoms with Crippen molar-refractivity contribution in [3.8, 4) is 5.75 Å². The van der Waals surface area contributed by atoms with Crippen LogP contribution in [0.25, 0.3) is 0 Å². The molecule has 0 radical (unpaired) electrons. The zero-order chi connectivity index (χ0) is 13.7. The van der Waals surface area contributed by atoms with Gasteiger partial charge in [0.25, 0.3) is 0 Å². The summed E-state index contributed by atoms with van der Waals surface area (Å²) < 4.78 is 5.15. The number of benzene rings is 2. The van der Waals surface area contributed by atoms with Crippen LogP contribution in [-0.4, -0.2) is 7.11 Å². The summed E-state index contributed by atoms with van der Waals surface area (Å²) >= 11 is 0. The first kappa shape index (κ1) is 13.6. The van der Waals surface area contributed by atoms with Gasteiger partial charge in [0.05, 0.1) is 7.11 Å². The predicted octanol–water partition coefficient (Wildman–Crippen LogP) is 3.85. The van der Waals surface area contributed by atoms with Gasteiger partial charge in [0.2, 0.25) is 0 Å². The van der Waals surface area contributed by atoms with Gasteiger partial charge in [0.15, 0.2) is 0 Å². The fourth-order valence-electron chi connectivity index (χ4n) is 1.99. The molecule has 0 amide bonds. The van der Waals surface area contributed by atoms with E-state index in [-0.39, 0.29) is 0 Å². The Morgan fingerprint density at radius 2 is 1.63 bits per heavy atom. The molecule has 0 bridgehead atoms. The lowest BCUT2D eigenvalue weighted by Gasteiger charge is -2.14. The molecule has 0 aliphatic rings. The maximum Gasteiger partial charge on any atom is 0.118 e. The lowest BCUT2D eigenvalue weighted by Crippen LogP contribution is -2.17. The topological polar surface area (TPSA) is 21.3 Å². The highest BCUT2D eigenvalue weighted by molar-refractivity contribution is 5.27. The van der Waals surface area contributed by atoms with Crippen molar-refractivity contribution in [1.29, 1.82) is 0 Å². The van der Waals surface area contributed by atoms with E-state index >= 15 is 0 Å². The minimum atomic E-state index is 0.350. The zero-order valence-electron chi connectivity index (χ0n) is 11.8. The second-order valence-corrected chi connectivity index (χ2v) is 4.86. The van der Waals surface area contributed by atoms with Gasteiger partial charge in [-0.05, 0) is 37.1 Å². The third kappa shape index (κ3) is 3.83. The van der Waals surface area contributed by atoms with Crippen LogP contribution in [0, 0.1) is 6.92 Å². The molecule has 2 aromatic carbocycles. The monoisotopic (exact) mass is 255 g/mol. The Bertz CT molecular complexity index is 502. The van der Waals surface area contributed by atoms with Gasteiger partial charge in [0.1, 0.15) is 5.75 Å². The van der Waals surface area contributed by atoms with E-state index in [1.807, 2.05) is 12.1 Å². The van der Waals surface area contributed by atoms with Crippen molar-refractivity contribution in [2.45, 2.75) is 26.4 Å². The number of ether oxygens (including phenoxy) is 1. The molecule has 19 heavy (non-hydrogen) atoms. The summed E-state index contributed by atoms with van der Waals surface area (Å²) in [6.45, 7) is 5.16.